The number of carbonyl (C=O) groups is 1. The summed E-state index contributed by atoms with van der Waals surface area (Å²) in [4.78, 5) is 11.3. The van der Waals surface area contributed by atoms with Crippen molar-refractivity contribution in [1.29, 1.82) is 0 Å². The normalized spacial score (nSPS) is 10.2. The third kappa shape index (κ3) is 3.13. The predicted octanol–water partition coefficient (Wildman–Crippen LogP) is 2.32. The number of halogens is 1. The van der Waals surface area contributed by atoms with Gasteiger partial charge in [-0.15, -0.1) is 0 Å². The second kappa shape index (κ2) is 6.16. The van der Waals surface area contributed by atoms with Crippen LogP contribution < -0.4 is 16.0 Å². The molecule has 0 saturated carbocycles. The Hall–Kier alpha value is -2.40. The van der Waals surface area contributed by atoms with E-state index in [4.69, 9.17) is 10.6 Å². The number of amides is 1. The van der Waals surface area contributed by atoms with Gasteiger partial charge in [-0.1, -0.05) is 24.3 Å². The lowest BCUT2D eigenvalue weighted by atomic mass is 10.1. The lowest BCUT2D eigenvalue weighted by molar-refractivity contribution is 0.0953. The number of rotatable bonds is 4. The lowest BCUT2D eigenvalue weighted by Crippen LogP contribution is -2.29. The summed E-state index contributed by atoms with van der Waals surface area (Å²) in [7, 11) is 0. The first kappa shape index (κ1) is 14.0. The van der Waals surface area contributed by atoms with Gasteiger partial charge in [0.2, 0.25) is 0 Å². The Morgan fingerprint density at radius 2 is 1.95 bits per heavy atom. The Kier molecular flexibility index (Phi) is 4.32. The molecule has 20 heavy (non-hydrogen) atoms. The van der Waals surface area contributed by atoms with Gasteiger partial charge in [0, 0.05) is 5.56 Å². The summed E-state index contributed by atoms with van der Waals surface area (Å²) in [5.74, 6) is 4.54. The molecule has 0 saturated heterocycles. The summed E-state index contributed by atoms with van der Waals surface area (Å²) in [5.41, 5.74) is 3.88. The van der Waals surface area contributed by atoms with Gasteiger partial charge in [-0.05, 0) is 36.2 Å². The average molecular weight is 274 g/mol. The molecule has 2 aromatic carbocycles. The molecule has 5 heteroatoms. The molecule has 0 aromatic heterocycles. The van der Waals surface area contributed by atoms with Gasteiger partial charge < -0.3 is 4.74 Å². The summed E-state index contributed by atoms with van der Waals surface area (Å²) >= 11 is 0. The van der Waals surface area contributed by atoms with Crippen molar-refractivity contribution in [3.8, 4) is 5.75 Å². The van der Waals surface area contributed by atoms with Crippen molar-refractivity contribution < 1.29 is 13.9 Å². The van der Waals surface area contributed by atoms with Gasteiger partial charge in [-0.2, -0.15) is 0 Å². The number of hydrogen-bond donors (Lipinski definition) is 2. The summed E-state index contributed by atoms with van der Waals surface area (Å²) < 4.78 is 19.2. The number of aryl methyl sites for hydroxylation is 1. The van der Waals surface area contributed by atoms with Crippen molar-refractivity contribution >= 4 is 5.91 Å². The molecule has 104 valence electrons. The Morgan fingerprint density at radius 1 is 1.25 bits per heavy atom. The Labute approximate surface area is 116 Å². The van der Waals surface area contributed by atoms with Crippen molar-refractivity contribution in [3.05, 3.63) is 65.0 Å². The topological polar surface area (TPSA) is 64.3 Å². The number of hydrazine groups is 1. The number of carbonyl (C=O) groups excluding carboxylic acids is 1. The van der Waals surface area contributed by atoms with Crippen LogP contribution >= 0.6 is 0 Å². The van der Waals surface area contributed by atoms with Crippen molar-refractivity contribution in [1.82, 2.24) is 5.43 Å². The summed E-state index contributed by atoms with van der Waals surface area (Å²) in [5, 5.41) is 0. The van der Waals surface area contributed by atoms with Crippen LogP contribution in [0.4, 0.5) is 4.39 Å². The van der Waals surface area contributed by atoms with Gasteiger partial charge in [0.25, 0.3) is 5.91 Å². The van der Waals surface area contributed by atoms with E-state index in [1.165, 1.54) is 0 Å². The first-order chi connectivity index (χ1) is 9.61. The van der Waals surface area contributed by atoms with Crippen LogP contribution in [0.15, 0.2) is 42.5 Å². The fraction of sp³-hybridized carbons (Fsp3) is 0.133. The Bertz CT molecular complexity index is 612. The molecular formula is C15H15FN2O2. The lowest BCUT2D eigenvalue weighted by Gasteiger charge is -2.09. The molecule has 0 bridgehead atoms. The van der Waals surface area contributed by atoms with Crippen LogP contribution in [0.5, 0.6) is 5.75 Å². The van der Waals surface area contributed by atoms with Crippen LogP contribution in [0, 0.1) is 12.7 Å². The van der Waals surface area contributed by atoms with Crippen molar-refractivity contribution in [2.45, 2.75) is 13.5 Å². The molecule has 0 atom stereocenters. The molecule has 0 aliphatic heterocycles. The SMILES string of the molecule is Cc1cccc(OCc2ccc(C(=O)NN)cc2)c1F. The molecule has 3 N–H and O–H groups in total. The Morgan fingerprint density at radius 3 is 2.60 bits per heavy atom. The van der Waals surface area contributed by atoms with Gasteiger partial charge >= 0.3 is 0 Å². The molecule has 0 spiro atoms. The van der Waals surface area contributed by atoms with Crippen LogP contribution in [-0.4, -0.2) is 5.91 Å². The van der Waals surface area contributed by atoms with E-state index in [0.717, 1.165) is 5.56 Å². The molecule has 0 aliphatic carbocycles. The van der Waals surface area contributed by atoms with Crippen LogP contribution in [-0.2, 0) is 6.61 Å². The van der Waals surface area contributed by atoms with Crippen molar-refractivity contribution in [2.75, 3.05) is 0 Å². The molecule has 1 amide bonds. The predicted molar refractivity (Wildman–Crippen MR) is 73.6 cm³/mol. The Balaban J connectivity index is 2.04. The minimum atomic E-state index is -0.359. The van der Waals surface area contributed by atoms with E-state index in [0.29, 0.717) is 11.1 Å². The average Bonchev–Trinajstić information content (AvgIpc) is 2.48. The molecule has 0 aliphatic rings. The maximum Gasteiger partial charge on any atom is 0.265 e. The molecule has 0 heterocycles. The van der Waals surface area contributed by atoms with Gasteiger partial charge in [-0.25, -0.2) is 10.2 Å². The minimum Gasteiger partial charge on any atom is -0.486 e. The molecule has 0 fully saturated rings. The molecular weight excluding hydrogens is 259 g/mol. The number of nitrogens with two attached hydrogens (primary N) is 1. The molecule has 0 unspecified atom stereocenters. The van der Waals surface area contributed by atoms with E-state index in [1.54, 1.807) is 49.4 Å². The van der Waals surface area contributed by atoms with Gasteiger partial charge in [0.1, 0.15) is 6.61 Å². The molecule has 2 aromatic rings. The quantitative estimate of drug-likeness (QED) is 0.511. The highest BCUT2D eigenvalue weighted by atomic mass is 19.1. The third-order valence-corrected chi connectivity index (χ3v) is 2.90. The second-order valence-corrected chi connectivity index (χ2v) is 4.35. The van der Waals surface area contributed by atoms with E-state index < -0.39 is 0 Å². The zero-order valence-corrected chi connectivity index (χ0v) is 11.0. The highest BCUT2D eigenvalue weighted by Gasteiger charge is 2.07. The number of hydrogen-bond acceptors (Lipinski definition) is 3. The zero-order chi connectivity index (χ0) is 14.5. The van der Waals surface area contributed by atoms with E-state index in [2.05, 4.69) is 5.43 Å². The highest BCUT2D eigenvalue weighted by Crippen LogP contribution is 2.20. The van der Waals surface area contributed by atoms with Crippen LogP contribution in [0.25, 0.3) is 0 Å². The second-order valence-electron chi connectivity index (χ2n) is 4.35. The molecule has 2 rings (SSSR count). The van der Waals surface area contributed by atoms with Crippen LogP contribution in [0.2, 0.25) is 0 Å². The number of benzene rings is 2. The standard InChI is InChI=1S/C15H15FN2O2/c1-10-3-2-4-13(14(10)16)20-9-11-5-7-12(8-6-11)15(19)18-17/h2-8H,9,17H2,1H3,(H,18,19). The number of nitrogen functional groups attached to an aromatic ring is 1. The van der Waals surface area contributed by atoms with E-state index >= 15 is 0 Å². The van der Waals surface area contributed by atoms with Crippen molar-refractivity contribution in [3.63, 3.8) is 0 Å². The third-order valence-electron chi connectivity index (χ3n) is 2.90. The molecule has 4 nitrogen and oxygen atoms in total. The smallest absolute Gasteiger partial charge is 0.265 e. The van der Waals surface area contributed by atoms with Gasteiger partial charge in [-0.3, -0.25) is 10.2 Å². The maximum absolute atomic E-state index is 13.7. The fourth-order valence-electron chi connectivity index (χ4n) is 1.73. The minimum absolute atomic E-state index is 0.216. The largest absolute Gasteiger partial charge is 0.486 e. The fourth-order valence-corrected chi connectivity index (χ4v) is 1.73. The number of ether oxygens (including phenoxy) is 1. The summed E-state index contributed by atoms with van der Waals surface area (Å²) in [6.07, 6.45) is 0. The maximum atomic E-state index is 13.7. The van der Waals surface area contributed by atoms with E-state index in [-0.39, 0.29) is 24.1 Å². The van der Waals surface area contributed by atoms with E-state index in [1.807, 2.05) is 0 Å². The monoisotopic (exact) mass is 274 g/mol. The van der Waals surface area contributed by atoms with Gasteiger partial charge in [0.15, 0.2) is 11.6 Å². The van der Waals surface area contributed by atoms with Gasteiger partial charge in [0.05, 0.1) is 0 Å². The van der Waals surface area contributed by atoms with Crippen molar-refractivity contribution in [2.24, 2.45) is 5.84 Å². The zero-order valence-electron chi connectivity index (χ0n) is 11.0. The highest BCUT2D eigenvalue weighted by molar-refractivity contribution is 5.93. The van der Waals surface area contributed by atoms with Crippen LogP contribution in [0.1, 0.15) is 21.5 Å². The summed E-state index contributed by atoms with van der Waals surface area (Å²) in [6.45, 7) is 1.91. The van der Waals surface area contributed by atoms with Crippen LogP contribution in [0.3, 0.4) is 0 Å². The first-order valence-corrected chi connectivity index (χ1v) is 6.09. The summed E-state index contributed by atoms with van der Waals surface area (Å²) in [6, 6.07) is 11.7. The molecule has 0 radical (unpaired) electrons. The van der Waals surface area contributed by atoms with E-state index in [9.17, 15) is 9.18 Å². The first-order valence-electron chi connectivity index (χ1n) is 6.09. The number of nitrogens with one attached hydrogen (secondary N) is 1.